The van der Waals surface area contributed by atoms with E-state index < -0.39 is 97.5 Å². The van der Waals surface area contributed by atoms with Crippen LogP contribution in [0.3, 0.4) is 0 Å². The first-order valence-corrected chi connectivity index (χ1v) is 40.8. The lowest BCUT2D eigenvalue weighted by Crippen LogP contribution is -2.30. The van der Waals surface area contributed by atoms with E-state index in [2.05, 4.69) is 55.4 Å². The van der Waals surface area contributed by atoms with E-state index in [1.54, 1.807) is 0 Å². The fourth-order valence-corrected chi connectivity index (χ4v) is 12.5. The number of rotatable bonds is 70. The van der Waals surface area contributed by atoms with Gasteiger partial charge in [-0.3, -0.25) is 37.3 Å². The monoisotopic (exact) mass is 1350 g/mol. The summed E-state index contributed by atoms with van der Waals surface area (Å²) in [4.78, 5) is 72.7. The molecule has 0 spiro atoms. The van der Waals surface area contributed by atoms with Gasteiger partial charge in [-0.1, -0.05) is 312 Å². The van der Waals surface area contributed by atoms with Gasteiger partial charge in [-0.15, -0.1) is 0 Å². The Morgan fingerprint density at radius 2 is 0.522 bits per heavy atom. The lowest BCUT2D eigenvalue weighted by Gasteiger charge is -2.21. The molecule has 0 amide bonds. The molecule has 0 saturated heterocycles. The average Bonchev–Trinajstić information content (AvgIpc) is 1.45. The van der Waals surface area contributed by atoms with Gasteiger partial charge in [-0.05, 0) is 49.4 Å². The van der Waals surface area contributed by atoms with Gasteiger partial charge in [-0.25, -0.2) is 9.13 Å². The molecule has 0 aromatic heterocycles. The molecule has 92 heavy (non-hydrogen) atoms. The van der Waals surface area contributed by atoms with Crippen molar-refractivity contribution in [2.75, 3.05) is 39.6 Å². The topological polar surface area (TPSA) is 237 Å². The molecule has 0 radical (unpaired) electrons. The highest BCUT2D eigenvalue weighted by molar-refractivity contribution is 7.47. The summed E-state index contributed by atoms with van der Waals surface area (Å²) in [7, 11) is -9.91. The molecule has 17 nitrogen and oxygen atoms in total. The molecule has 0 aliphatic heterocycles. The summed E-state index contributed by atoms with van der Waals surface area (Å²) in [5, 5.41) is 10.6. The molecule has 0 saturated carbocycles. The number of phosphoric acid groups is 2. The molecule has 3 N–H and O–H groups in total. The second-order valence-electron chi connectivity index (χ2n) is 27.8. The highest BCUT2D eigenvalue weighted by atomic mass is 31.2. The van der Waals surface area contributed by atoms with Gasteiger partial charge in [-0.2, -0.15) is 0 Å². The Hall–Kier alpha value is -1.94. The number of aliphatic hydroxyl groups excluding tert-OH is 1. The Morgan fingerprint density at radius 1 is 0.304 bits per heavy atom. The summed E-state index contributed by atoms with van der Waals surface area (Å²) in [5.41, 5.74) is 0. The molecule has 546 valence electrons. The Morgan fingerprint density at radius 3 is 0.772 bits per heavy atom. The maximum Gasteiger partial charge on any atom is 0.472 e. The smallest absolute Gasteiger partial charge is 0.462 e. The van der Waals surface area contributed by atoms with Crippen LogP contribution >= 0.6 is 15.6 Å². The van der Waals surface area contributed by atoms with Gasteiger partial charge in [0.1, 0.15) is 19.3 Å². The first kappa shape index (κ1) is 90.1. The van der Waals surface area contributed by atoms with Gasteiger partial charge >= 0.3 is 39.5 Å². The fourth-order valence-electron chi connectivity index (χ4n) is 11.0. The molecule has 0 fully saturated rings. The van der Waals surface area contributed by atoms with Gasteiger partial charge in [0.15, 0.2) is 12.2 Å². The van der Waals surface area contributed by atoms with E-state index >= 15 is 0 Å². The Kier molecular flexibility index (Phi) is 61.3. The van der Waals surface area contributed by atoms with Gasteiger partial charge in [0.2, 0.25) is 0 Å². The molecule has 0 heterocycles. The van der Waals surface area contributed by atoms with Crippen molar-refractivity contribution in [1.82, 2.24) is 0 Å². The van der Waals surface area contributed by atoms with Crippen LogP contribution < -0.4 is 0 Å². The van der Waals surface area contributed by atoms with E-state index in [1.807, 2.05) is 0 Å². The molecule has 19 heteroatoms. The van der Waals surface area contributed by atoms with Crippen LogP contribution in [0.5, 0.6) is 0 Å². The Balaban J connectivity index is 5.25. The maximum absolute atomic E-state index is 13.1. The van der Waals surface area contributed by atoms with Crippen molar-refractivity contribution in [2.24, 2.45) is 23.7 Å². The van der Waals surface area contributed by atoms with E-state index in [0.29, 0.717) is 31.6 Å². The zero-order valence-electron chi connectivity index (χ0n) is 60.2. The third-order valence-electron chi connectivity index (χ3n) is 17.5. The summed E-state index contributed by atoms with van der Waals surface area (Å²) in [5.74, 6) is 0.938. The van der Waals surface area contributed by atoms with Crippen LogP contribution in [0.25, 0.3) is 0 Å². The van der Waals surface area contributed by atoms with Gasteiger partial charge in [0.25, 0.3) is 0 Å². The number of unbranched alkanes of at least 4 members (excludes halogenated alkanes) is 34. The van der Waals surface area contributed by atoms with Crippen molar-refractivity contribution >= 4 is 39.5 Å². The molecular weight excluding hydrogens is 1210 g/mol. The quantitative estimate of drug-likeness (QED) is 0.0222. The highest BCUT2D eigenvalue weighted by Gasteiger charge is 2.30. The van der Waals surface area contributed by atoms with E-state index in [-0.39, 0.29) is 25.7 Å². The van der Waals surface area contributed by atoms with E-state index in [9.17, 15) is 43.2 Å². The summed E-state index contributed by atoms with van der Waals surface area (Å²) < 4.78 is 68.4. The fraction of sp³-hybridized carbons (Fsp3) is 0.945. The number of carbonyl (C=O) groups is 4. The van der Waals surface area contributed by atoms with Crippen molar-refractivity contribution in [3.05, 3.63) is 0 Å². The van der Waals surface area contributed by atoms with Crippen LogP contribution in [0.2, 0.25) is 0 Å². The standard InChI is InChI=1S/C73H142O17P2/c1-9-65(7)51-43-35-27-19-15-13-11-12-14-16-20-30-39-47-55-72(77)89-68(59-83-70(75)53-45-37-29-23-22-28-36-44-52-66(8)10-2)61-87-91(79,80)85-57-67(74)58-86-92(81,82)88-62-69(60-84-71(76)54-46-38-32-24-26-34-42-50-64(5)6)90-73(78)56-48-40-31-21-17-18-25-33-41-49-63(3)4/h63-69,74H,9-62H2,1-8H3,(H,79,80)(H,81,82)/t65?,66?,67?,68-,69-/m1/s1. The predicted molar refractivity (Wildman–Crippen MR) is 372 cm³/mol. The highest BCUT2D eigenvalue weighted by Crippen LogP contribution is 2.45. The van der Waals surface area contributed by atoms with Crippen molar-refractivity contribution < 1.29 is 80.2 Å². The normalized spacial score (nSPS) is 14.8. The number of ether oxygens (including phenoxy) is 4. The molecule has 0 aromatic carbocycles. The first-order valence-electron chi connectivity index (χ1n) is 37.8. The zero-order valence-corrected chi connectivity index (χ0v) is 62.0. The molecule has 0 aliphatic carbocycles. The minimum Gasteiger partial charge on any atom is -0.462 e. The van der Waals surface area contributed by atoms with Gasteiger partial charge in [0, 0.05) is 25.7 Å². The molecule has 0 rings (SSSR count). The molecule has 7 atom stereocenters. The largest absolute Gasteiger partial charge is 0.472 e. The van der Waals surface area contributed by atoms with Crippen molar-refractivity contribution in [3.63, 3.8) is 0 Å². The van der Waals surface area contributed by atoms with Gasteiger partial charge < -0.3 is 33.8 Å². The number of phosphoric ester groups is 2. The minimum absolute atomic E-state index is 0.104. The van der Waals surface area contributed by atoms with E-state index in [4.69, 9.17) is 37.0 Å². The number of hydrogen-bond acceptors (Lipinski definition) is 15. The second-order valence-corrected chi connectivity index (χ2v) is 30.7. The lowest BCUT2D eigenvalue weighted by molar-refractivity contribution is -0.161. The third-order valence-corrected chi connectivity index (χ3v) is 19.4. The molecule has 0 aromatic rings. The van der Waals surface area contributed by atoms with Gasteiger partial charge in [0.05, 0.1) is 26.4 Å². The van der Waals surface area contributed by atoms with Crippen molar-refractivity contribution in [3.8, 4) is 0 Å². The minimum atomic E-state index is -4.96. The molecule has 0 aliphatic rings. The predicted octanol–water partition coefficient (Wildman–Crippen LogP) is 20.9. The molecule has 0 bridgehead atoms. The Labute approximate surface area is 562 Å². The summed E-state index contributed by atoms with van der Waals surface area (Å²) in [6.45, 7) is 14.2. The van der Waals surface area contributed by atoms with Crippen LogP contribution in [-0.4, -0.2) is 96.7 Å². The molecular formula is C73H142O17P2. The lowest BCUT2D eigenvalue weighted by atomic mass is 9.99. The summed E-state index contributed by atoms with van der Waals surface area (Å²) in [6.07, 6.45) is 45.8. The zero-order chi connectivity index (χ0) is 68.2. The molecule has 5 unspecified atom stereocenters. The van der Waals surface area contributed by atoms with E-state index in [0.717, 1.165) is 114 Å². The van der Waals surface area contributed by atoms with Crippen LogP contribution in [0.15, 0.2) is 0 Å². The Bertz CT molecular complexity index is 1820. The van der Waals surface area contributed by atoms with Crippen LogP contribution in [-0.2, 0) is 65.4 Å². The van der Waals surface area contributed by atoms with Crippen LogP contribution in [0, 0.1) is 23.7 Å². The summed E-state index contributed by atoms with van der Waals surface area (Å²) >= 11 is 0. The van der Waals surface area contributed by atoms with E-state index in [1.165, 1.54) is 161 Å². The third kappa shape index (κ3) is 64.1. The van der Waals surface area contributed by atoms with Crippen LogP contribution in [0.4, 0.5) is 0 Å². The average molecular weight is 1350 g/mol. The number of esters is 4. The van der Waals surface area contributed by atoms with Crippen molar-refractivity contribution in [2.45, 2.75) is 382 Å². The summed E-state index contributed by atoms with van der Waals surface area (Å²) in [6, 6.07) is 0. The van der Waals surface area contributed by atoms with Crippen molar-refractivity contribution in [1.29, 1.82) is 0 Å². The SMILES string of the molecule is CCC(C)CCCCCCCCCCCCCCCCC(=O)O[C@H](COC(=O)CCCCCCCCCCC(C)CC)COP(=O)(O)OCC(O)COP(=O)(O)OC[C@@H](COC(=O)CCCCCCCCCC(C)C)OC(=O)CCCCCCCCCCCC(C)C. The number of aliphatic hydroxyl groups is 1. The second kappa shape index (κ2) is 62.6. The number of hydrogen-bond donors (Lipinski definition) is 3. The first-order chi connectivity index (χ1) is 44.2. The number of carbonyl (C=O) groups excluding carboxylic acids is 4. The van der Waals surface area contributed by atoms with Crippen LogP contribution in [0.1, 0.15) is 364 Å². The maximum atomic E-state index is 13.1.